The highest BCUT2D eigenvalue weighted by atomic mass is 127. The van der Waals surface area contributed by atoms with E-state index in [0.29, 0.717) is 13.0 Å². The van der Waals surface area contributed by atoms with Crippen LogP contribution in [0.2, 0.25) is 0 Å². The molecule has 0 aliphatic rings. The molecule has 24 heavy (non-hydrogen) atoms. The number of aromatic nitrogens is 3. The van der Waals surface area contributed by atoms with Gasteiger partial charge in [0.1, 0.15) is 18.5 Å². The molecule has 2 heterocycles. The van der Waals surface area contributed by atoms with Crippen molar-refractivity contribution in [1.82, 2.24) is 14.9 Å². The summed E-state index contributed by atoms with van der Waals surface area (Å²) >= 11 is 0. The van der Waals surface area contributed by atoms with Gasteiger partial charge in [0.15, 0.2) is 12.4 Å². The van der Waals surface area contributed by atoms with Gasteiger partial charge in [0, 0.05) is 32.3 Å². The first-order valence-electron chi connectivity index (χ1n) is 7.69. The molecule has 0 fully saturated rings. The highest BCUT2D eigenvalue weighted by Crippen LogP contribution is 2.16. The quantitative estimate of drug-likeness (QED) is 0.486. The van der Waals surface area contributed by atoms with E-state index in [9.17, 15) is 4.79 Å². The van der Waals surface area contributed by atoms with Gasteiger partial charge in [-0.15, -0.1) is 0 Å². The normalized spacial score (nSPS) is 10.9. The molecular formula is C17H25IN4O2. The third kappa shape index (κ3) is 6.10. The number of nitrogens with zero attached hydrogens (tertiary/aromatic N) is 3. The van der Waals surface area contributed by atoms with Gasteiger partial charge in [0.2, 0.25) is 0 Å². The number of hydrogen-bond acceptors (Lipinski definition) is 3. The van der Waals surface area contributed by atoms with Gasteiger partial charge in [-0.25, -0.2) is 14.3 Å². The maximum Gasteiger partial charge on any atom is 0.407 e. The van der Waals surface area contributed by atoms with Crippen LogP contribution in [0.25, 0.3) is 11.3 Å². The predicted molar refractivity (Wildman–Crippen MR) is 87.8 cm³/mol. The van der Waals surface area contributed by atoms with Crippen molar-refractivity contribution in [2.45, 2.75) is 32.8 Å². The molecule has 0 bridgehead atoms. The fourth-order valence-corrected chi connectivity index (χ4v) is 2.21. The molecule has 1 N–H and O–H groups in total. The SMILES string of the molecule is Cn1cc(-c2ccc[n+](C)c2)nc1CCNC(=O)OC(C)(C)C.[I-]. The molecule has 0 aliphatic heterocycles. The van der Waals surface area contributed by atoms with E-state index >= 15 is 0 Å². The number of alkyl carbamates (subject to hydrolysis) is 1. The van der Waals surface area contributed by atoms with Gasteiger partial charge in [0.05, 0.1) is 11.3 Å². The van der Waals surface area contributed by atoms with E-state index in [4.69, 9.17) is 4.74 Å². The van der Waals surface area contributed by atoms with Gasteiger partial charge in [-0.1, -0.05) is 0 Å². The number of amides is 1. The Balaban J connectivity index is 0.00000288. The van der Waals surface area contributed by atoms with Crippen LogP contribution in [0.4, 0.5) is 4.79 Å². The Bertz CT molecular complexity index is 692. The van der Waals surface area contributed by atoms with E-state index in [2.05, 4.69) is 10.3 Å². The van der Waals surface area contributed by atoms with Gasteiger partial charge in [-0.05, 0) is 26.8 Å². The Hall–Kier alpha value is -1.64. The molecule has 0 saturated heterocycles. The van der Waals surface area contributed by atoms with Crippen LogP contribution in [0.3, 0.4) is 0 Å². The average molecular weight is 444 g/mol. The standard InChI is InChI=1S/C17H24N4O2.HI/c1-17(2,3)23-16(22)18-9-8-15-19-14(12-21(15)5)13-7-6-10-20(4)11-13;/h6-7,10-12H,8-9H2,1-5H3;1H. The Kier molecular flexibility index (Phi) is 7.19. The minimum Gasteiger partial charge on any atom is -1.00 e. The lowest BCUT2D eigenvalue weighted by atomic mass is 10.2. The maximum absolute atomic E-state index is 11.6. The fraction of sp³-hybridized carbons (Fsp3) is 0.471. The lowest BCUT2D eigenvalue weighted by molar-refractivity contribution is -0.671. The van der Waals surface area contributed by atoms with Crippen LogP contribution >= 0.6 is 0 Å². The van der Waals surface area contributed by atoms with E-state index < -0.39 is 11.7 Å². The topological polar surface area (TPSA) is 60.0 Å². The molecule has 2 aromatic heterocycles. The Labute approximate surface area is 160 Å². The Morgan fingerprint density at radius 3 is 2.75 bits per heavy atom. The van der Waals surface area contributed by atoms with Gasteiger partial charge in [0.25, 0.3) is 0 Å². The summed E-state index contributed by atoms with van der Waals surface area (Å²) in [6.07, 6.45) is 6.26. The van der Waals surface area contributed by atoms with E-state index in [0.717, 1.165) is 17.1 Å². The molecule has 0 saturated carbocycles. The van der Waals surface area contributed by atoms with Crippen LogP contribution in [-0.2, 0) is 25.3 Å². The number of halogens is 1. The highest BCUT2D eigenvalue weighted by Gasteiger charge is 2.16. The Morgan fingerprint density at radius 1 is 1.42 bits per heavy atom. The van der Waals surface area contributed by atoms with E-state index in [1.54, 1.807) is 0 Å². The Morgan fingerprint density at radius 2 is 2.12 bits per heavy atom. The molecule has 0 spiro atoms. The number of nitrogens with one attached hydrogen (secondary N) is 1. The molecule has 1 amide bonds. The van der Waals surface area contributed by atoms with Crippen molar-refractivity contribution in [2.75, 3.05) is 6.54 Å². The smallest absolute Gasteiger partial charge is 0.407 e. The maximum atomic E-state index is 11.6. The second-order valence-electron chi connectivity index (χ2n) is 6.59. The van der Waals surface area contributed by atoms with Crippen LogP contribution in [0.15, 0.2) is 30.7 Å². The molecule has 0 aromatic carbocycles. The fourth-order valence-electron chi connectivity index (χ4n) is 2.21. The molecule has 6 nitrogen and oxygen atoms in total. The highest BCUT2D eigenvalue weighted by molar-refractivity contribution is 5.67. The summed E-state index contributed by atoms with van der Waals surface area (Å²) in [5, 5.41) is 2.75. The number of carbonyl (C=O) groups excluding carboxylic acids is 1. The van der Waals surface area contributed by atoms with Crippen LogP contribution in [0.5, 0.6) is 0 Å². The summed E-state index contributed by atoms with van der Waals surface area (Å²) in [6.45, 7) is 6.02. The summed E-state index contributed by atoms with van der Waals surface area (Å²) in [7, 11) is 3.94. The number of hydrogen-bond donors (Lipinski definition) is 1. The molecule has 0 atom stereocenters. The van der Waals surface area contributed by atoms with Crippen molar-refractivity contribution in [2.24, 2.45) is 14.1 Å². The van der Waals surface area contributed by atoms with Crippen molar-refractivity contribution >= 4 is 6.09 Å². The lowest BCUT2D eigenvalue weighted by Gasteiger charge is -2.19. The number of aryl methyl sites for hydroxylation is 2. The van der Waals surface area contributed by atoms with Crippen LogP contribution in [0, 0.1) is 0 Å². The minimum absolute atomic E-state index is 0. The number of pyridine rings is 1. The summed E-state index contributed by atoms with van der Waals surface area (Å²) in [5.74, 6) is 0.919. The van der Waals surface area contributed by atoms with Crippen molar-refractivity contribution < 1.29 is 38.1 Å². The number of imidazole rings is 1. The zero-order valence-corrected chi connectivity index (χ0v) is 17.0. The molecule has 0 aliphatic carbocycles. The van der Waals surface area contributed by atoms with Crippen LogP contribution in [-0.4, -0.2) is 27.8 Å². The van der Waals surface area contributed by atoms with E-state index in [-0.39, 0.29) is 24.0 Å². The zero-order chi connectivity index (χ0) is 17.0. The third-order valence-electron chi connectivity index (χ3n) is 3.22. The van der Waals surface area contributed by atoms with Gasteiger partial charge >= 0.3 is 6.09 Å². The van der Waals surface area contributed by atoms with Crippen molar-refractivity contribution in [3.8, 4) is 11.3 Å². The van der Waals surface area contributed by atoms with Crippen molar-refractivity contribution in [3.05, 3.63) is 36.5 Å². The molecule has 2 aromatic rings. The molecule has 7 heteroatoms. The molecule has 132 valence electrons. The van der Waals surface area contributed by atoms with Crippen LogP contribution in [0.1, 0.15) is 26.6 Å². The van der Waals surface area contributed by atoms with E-state index in [1.807, 2.05) is 74.7 Å². The first kappa shape index (κ1) is 20.4. The number of ether oxygens (including phenoxy) is 1. The largest absolute Gasteiger partial charge is 1.00 e. The van der Waals surface area contributed by atoms with Crippen molar-refractivity contribution in [1.29, 1.82) is 0 Å². The molecule has 0 radical (unpaired) electrons. The molecular weight excluding hydrogens is 419 g/mol. The van der Waals surface area contributed by atoms with Gasteiger partial charge in [-0.3, -0.25) is 0 Å². The van der Waals surface area contributed by atoms with Gasteiger partial charge < -0.3 is 38.6 Å². The van der Waals surface area contributed by atoms with E-state index in [1.165, 1.54) is 0 Å². The second-order valence-corrected chi connectivity index (χ2v) is 6.59. The zero-order valence-electron chi connectivity index (χ0n) is 14.8. The lowest BCUT2D eigenvalue weighted by Crippen LogP contribution is -3.00. The summed E-state index contributed by atoms with van der Waals surface area (Å²) in [4.78, 5) is 16.3. The average Bonchev–Trinajstić information content (AvgIpc) is 2.78. The third-order valence-corrected chi connectivity index (χ3v) is 3.22. The number of rotatable bonds is 4. The van der Waals surface area contributed by atoms with Crippen LogP contribution < -0.4 is 33.9 Å². The first-order chi connectivity index (χ1) is 10.7. The summed E-state index contributed by atoms with van der Waals surface area (Å²) in [5.41, 5.74) is 1.51. The number of carbonyl (C=O) groups is 1. The van der Waals surface area contributed by atoms with Crippen molar-refractivity contribution in [3.63, 3.8) is 0 Å². The second kappa shape index (κ2) is 8.46. The molecule has 0 unspecified atom stereocenters. The minimum atomic E-state index is -0.483. The first-order valence-corrected chi connectivity index (χ1v) is 7.69. The molecule has 2 rings (SSSR count). The van der Waals surface area contributed by atoms with Gasteiger partial charge in [-0.2, -0.15) is 0 Å². The summed E-state index contributed by atoms with van der Waals surface area (Å²) in [6, 6.07) is 4.03. The monoisotopic (exact) mass is 444 g/mol. The predicted octanol–water partition coefficient (Wildman–Crippen LogP) is -1.02. The summed E-state index contributed by atoms with van der Waals surface area (Å²) < 4.78 is 9.19.